The van der Waals surface area contributed by atoms with Crippen molar-refractivity contribution in [2.75, 3.05) is 7.05 Å². The zero-order chi connectivity index (χ0) is 14.2. The van der Waals surface area contributed by atoms with Crippen molar-refractivity contribution in [2.24, 2.45) is 0 Å². The van der Waals surface area contributed by atoms with E-state index >= 15 is 0 Å². The Morgan fingerprint density at radius 3 is 2.62 bits per heavy atom. The van der Waals surface area contributed by atoms with Crippen LogP contribution in [0.1, 0.15) is 29.3 Å². The van der Waals surface area contributed by atoms with E-state index in [9.17, 15) is 0 Å². The van der Waals surface area contributed by atoms with Crippen molar-refractivity contribution < 1.29 is 4.74 Å². The van der Waals surface area contributed by atoms with Crippen LogP contribution in [0, 0.1) is 0 Å². The Morgan fingerprint density at radius 2 is 1.95 bits per heavy atom. The molecule has 1 aromatic carbocycles. The zero-order valence-corrected chi connectivity index (χ0v) is 13.5. The van der Waals surface area contributed by atoms with Gasteiger partial charge in [-0.2, -0.15) is 0 Å². The highest BCUT2D eigenvalue weighted by atomic mass is 32.1. The predicted octanol–water partition coefficient (Wildman–Crippen LogP) is 4.81. The van der Waals surface area contributed by atoms with Crippen molar-refractivity contribution in [3.8, 4) is 5.75 Å². The fourth-order valence-corrected chi connectivity index (χ4v) is 4.78. The van der Waals surface area contributed by atoms with E-state index in [1.54, 1.807) is 0 Å². The third-order valence-electron chi connectivity index (χ3n) is 3.77. The number of hydrogen-bond acceptors (Lipinski definition) is 4. The summed E-state index contributed by atoms with van der Waals surface area (Å²) < 4.78 is 8.58. The van der Waals surface area contributed by atoms with Gasteiger partial charge in [-0.25, -0.2) is 0 Å². The van der Waals surface area contributed by atoms with Gasteiger partial charge in [-0.15, -0.1) is 22.7 Å². The fourth-order valence-electron chi connectivity index (χ4n) is 2.52. The fraction of sp³-hybridized carbons (Fsp3) is 0.294. The van der Waals surface area contributed by atoms with Gasteiger partial charge in [-0.05, 0) is 55.1 Å². The molecule has 1 aliphatic carbocycles. The molecular weight excluding hydrogens is 298 g/mol. The third kappa shape index (κ3) is 2.71. The van der Waals surface area contributed by atoms with Crippen molar-refractivity contribution in [1.29, 1.82) is 0 Å². The Balaban J connectivity index is 1.60. The molecule has 1 atom stereocenters. The maximum absolute atomic E-state index is 5.82. The molecule has 1 N–H and O–H groups in total. The zero-order valence-electron chi connectivity index (χ0n) is 11.8. The average Bonchev–Trinajstić information content (AvgIpc) is 3.05. The van der Waals surface area contributed by atoms with Gasteiger partial charge in [0, 0.05) is 14.3 Å². The van der Waals surface area contributed by atoms with Crippen LogP contribution < -0.4 is 10.1 Å². The highest BCUT2D eigenvalue weighted by Crippen LogP contribution is 2.36. The molecule has 0 bridgehead atoms. The van der Waals surface area contributed by atoms with Crippen LogP contribution >= 0.6 is 22.7 Å². The third-order valence-corrected chi connectivity index (χ3v) is 5.93. The number of rotatable bonds is 5. The van der Waals surface area contributed by atoms with Crippen LogP contribution in [0.5, 0.6) is 5.75 Å². The van der Waals surface area contributed by atoms with Gasteiger partial charge in [0.1, 0.15) is 5.75 Å². The van der Waals surface area contributed by atoms with E-state index in [4.69, 9.17) is 4.74 Å². The molecule has 1 fully saturated rings. The van der Waals surface area contributed by atoms with Crippen molar-refractivity contribution in [3.05, 3.63) is 52.2 Å². The molecule has 4 heteroatoms. The SMILES string of the molecule is CNC(c1ccc(OC2CC2)cc1)c1cc2sccc2s1. The molecule has 0 radical (unpaired) electrons. The summed E-state index contributed by atoms with van der Waals surface area (Å²) in [5.41, 5.74) is 1.29. The van der Waals surface area contributed by atoms with Crippen molar-refractivity contribution in [2.45, 2.75) is 25.0 Å². The molecule has 0 amide bonds. The quantitative estimate of drug-likeness (QED) is 0.729. The Labute approximate surface area is 132 Å². The predicted molar refractivity (Wildman–Crippen MR) is 90.7 cm³/mol. The molecule has 21 heavy (non-hydrogen) atoms. The molecule has 3 aromatic rings. The van der Waals surface area contributed by atoms with Crippen LogP contribution in [0.4, 0.5) is 0 Å². The second-order valence-electron chi connectivity index (χ2n) is 5.41. The lowest BCUT2D eigenvalue weighted by Crippen LogP contribution is -2.16. The summed E-state index contributed by atoms with van der Waals surface area (Å²) in [4.78, 5) is 1.37. The molecule has 1 unspecified atom stereocenters. The maximum atomic E-state index is 5.82. The molecule has 4 rings (SSSR count). The number of thiophene rings is 2. The Hall–Kier alpha value is -1.36. The first-order valence-corrected chi connectivity index (χ1v) is 8.94. The largest absolute Gasteiger partial charge is 0.490 e. The van der Waals surface area contributed by atoms with Crippen LogP contribution in [-0.2, 0) is 0 Å². The lowest BCUT2D eigenvalue weighted by molar-refractivity contribution is 0.303. The summed E-state index contributed by atoms with van der Waals surface area (Å²) >= 11 is 3.68. The van der Waals surface area contributed by atoms with E-state index in [1.807, 2.05) is 29.7 Å². The Morgan fingerprint density at radius 1 is 1.14 bits per heavy atom. The van der Waals surface area contributed by atoms with Crippen LogP contribution in [0.15, 0.2) is 41.8 Å². The van der Waals surface area contributed by atoms with Gasteiger partial charge in [0.05, 0.1) is 12.1 Å². The molecule has 2 aromatic heterocycles. The first kappa shape index (κ1) is 13.3. The number of hydrogen-bond donors (Lipinski definition) is 1. The van der Waals surface area contributed by atoms with Gasteiger partial charge in [-0.3, -0.25) is 0 Å². The summed E-state index contributed by atoms with van der Waals surface area (Å²) in [6, 6.07) is 13.3. The summed E-state index contributed by atoms with van der Waals surface area (Å²) in [5, 5.41) is 5.59. The number of nitrogens with one attached hydrogen (secondary N) is 1. The smallest absolute Gasteiger partial charge is 0.119 e. The Bertz CT molecular complexity index is 711. The molecule has 108 valence electrons. The van der Waals surface area contributed by atoms with Gasteiger partial charge in [0.25, 0.3) is 0 Å². The van der Waals surface area contributed by atoms with Gasteiger partial charge in [-0.1, -0.05) is 12.1 Å². The van der Waals surface area contributed by atoms with Crippen molar-refractivity contribution >= 4 is 32.1 Å². The van der Waals surface area contributed by atoms with E-state index < -0.39 is 0 Å². The highest BCUT2D eigenvalue weighted by Gasteiger charge is 2.23. The van der Waals surface area contributed by atoms with Gasteiger partial charge >= 0.3 is 0 Å². The second-order valence-corrected chi connectivity index (χ2v) is 7.47. The number of fused-ring (bicyclic) bond motifs is 1. The Kier molecular flexibility index (Phi) is 3.45. The van der Waals surface area contributed by atoms with Crippen molar-refractivity contribution in [1.82, 2.24) is 5.32 Å². The van der Waals surface area contributed by atoms with Crippen LogP contribution in [0.25, 0.3) is 9.40 Å². The van der Waals surface area contributed by atoms with E-state index in [0.717, 1.165) is 5.75 Å². The van der Waals surface area contributed by atoms with E-state index in [-0.39, 0.29) is 6.04 Å². The molecule has 2 heterocycles. The minimum Gasteiger partial charge on any atom is -0.490 e. The van der Waals surface area contributed by atoms with Gasteiger partial charge < -0.3 is 10.1 Å². The molecule has 0 aliphatic heterocycles. The number of benzene rings is 1. The van der Waals surface area contributed by atoms with E-state index in [2.05, 4.69) is 47.1 Å². The van der Waals surface area contributed by atoms with Crippen LogP contribution in [-0.4, -0.2) is 13.2 Å². The summed E-state index contributed by atoms with van der Waals surface area (Å²) in [6.07, 6.45) is 2.86. The lowest BCUT2D eigenvalue weighted by atomic mass is 10.1. The summed E-state index contributed by atoms with van der Waals surface area (Å²) in [6.45, 7) is 0. The van der Waals surface area contributed by atoms with E-state index in [1.165, 1.54) is 32.7 Å². The molecular formula is C17H17NOS2. The highest BCUT2D eigenvalue weighted by molar-refractivity contribution is 7.27. The minimum absolute atomic E-state index is 0.254. The normalized spacial score (nSPS) is 16.2. The van der Waals surface area contributed by atoms with Crippen LogP contribution in [0.2, 0.25) is 0 Å². The molecule has 0 spiro atoms. The van der Waals surface area contributed by atoms with Crippen molar-refractivity contribution in [3.63, 3.8) is 0 Å². The van der Waals surface area contributed by atoms with Crippen LogP contribution in [0.3, 0.4) is 0 Å². The minimum atomic E-state index is 0.254. The molecule has 1 aliphatic rings. The summed E-state index contributed by atoms with van der Waals surface area (Å²) in [7, 11) is 2.02. The monoisotopic (exact) mass is 315 g/mol. The summed E-state index contributed by atoms with van der Waals surface area (Å²) in [5.74, 6) is 0.989. The standard InChI is InChI=1S/C17H17NOS2/c1-18-17(16-10-15-14(21-16)8-9-20-15)11-2-4-12(5-3-11)19-13-6-7-13/h2-5,8-10,13,17-18H,6-7H2,1H3. The van der Waals surface area contributed by atoms with E-state index in [0.29, 0.717) is 6.10 Å². The number of ether oxygens (including phenoxy) is 1. The topological polar surface area (TPSA) is 21.3 Å². The van der Waals surface area contributed by atoms with Gasteiger partial charge in [0.15, 0.2) is 0 Å². The first-order valence-electron chi connectivity index (χ1n) is 7.24. The lowest BCUT2D eigenvalue weighted by Gasteiger charge is -2.15. The van der Waals surface area contributed by atoms with Gasteiger partial charge in [0.2, 0.25) is 0 Å². The maximum Gasteiger partial charge on any atom is 0.119 e. The molecule has 1 saturated carbocycles. The molecule has 2 nitrogen and oxygen atoms in total. The second kappa shape index (κ2) is 5.44. The molecule has 0 saturated heterocycles. The first-order chi connectivity index (χ1) is 10.3. The average molecular weight is 315 g/mol.